The van der Waals surface area contributed by atoms with E-state index in [2.05, 4.69) is 0 Å². The van der Waals surface area contributed by atoms with E-state index in [4.69, 9.17) is 0 Å². The molecule has 0 unspecified atom stereocenters. The normalized spacial score (nSPS) is 10.3. The molecule has 0 aliphatic carbocycles. The van der Waals surface area contributed by atoms with Gasteiger partial charge < -0.3 is 0 Å². The minimum Gasteiger partial charge on any atom is -0.295 e. The predicted molar refractivity (Wildman–Crippen MR) is 78.4 cm³/mol. The average Bonchev–Trinajstić information content (AvgIpc) is 2.41. The van der Waals surface area contributed by atoms with Crippen LogP contribution in [-0.2, 0) is 0 Å². The summed E-state index contributed by atoms with van der Waals surface area (Å²) in [6, 6.07) is 12.3. The monoisotopic (exact) mass is 287 g/mol. The number of hydrogen-bond donors (Lipinski definition) is 0. The Morgan fingerprint density at radius 1 is 1.15 bits per heavy atom. The van der Waals surface area contributed by atoms with E-state index in [0.29, 0.717) is 10.5 Å². The molecule has 0 aromatic heterocycles. The van der Waals surface area contributed by atoms with Gasteiger partial charge in [-0.2, -0.15) is 0 Å². The standard InChI is InChI=1S/C15H13NO3S/c1-10-3-6-13(7-4-10)20-15-8-5-12(11(2)17)9-14(15)16(18)19/h3-9H,1-2H3. The molecule has 0 heterocycles. The Hall–Kier alpha value is -2.14. The fourth-order valence-corrected chi connectivity index (χ4v) is 2.60. The summed E-state index contributed by atoms with van der Waals surface area (Å²) in [4.78, 5) is 23.4. The summed E-state index contributed by atoms with van der Waals surface area (Å²) in [5.74, 6) is -0.181. The van der Waals surface area contributed by atoms with E-state index in [1.54, 1.807) is 12.1 Å². The largest absolute Gasteiger partial charge is 0.295 e. The molecule has 20 heavy (non-hydrogen) atoms. The number of hydrogen-bond acceptors (Lipinski definition) is 4. The lowest BCUT2D eigenvalue weighted by Crippen LogP contribution is -1.96. The molecular weight excluding hydrogens is 274 g/mol. The van der Waals surface area contributed by atoms with Crippen LogP contribution in [0.1, 0.15) is 22.8 Å². The van der Waals surface area contributed by atoms with Crippen molar-refractivity contribution in [2.75, 3.05) is 0 Å². The fourth-order valence-electron chi connectivity index (χ4n) is 1.70. The molecule has 2 aromatic rings. The minimum absolute atomic E-state index is 0.0386. The second-order valence-electron chi connectivity index (χ2n) is 4.41. The molecule has 0 radical (unpaired) electrons. The summed E-state index contributed by atoms with van der Waals surface area (Å²) >= 11 is 1.32. The number of nitro benzene ring substituents is 1. The summed E-state index contributed by atoms with van der Waals surface area (Å²) in [6.07, 6.45) is 0. The highest BCUT2D eigenvalue weighted by Gasteiger charge is 2.17. The zero-order chi connectivity index (χ0) is 14.7. The third-order valence-corrected chi connectivity index (χ3v) is 3.88. The molecule has 0 aliphatic heterocycles. The number of nitro groups is 1. The number of nitrogens with zero attached hydrogens (tertiary/aromatic N) is 1. The number of carbonyl (C=O) groups is 1. The Morgan fingerprint density at radius 2 is 1.80 bits per heavy atom. The zero-order valence-corrected chi connectivity index (χ0v) is 11.9. The van der Waals surface area contributed by atoms with Crippen LogP contribution in [0, 0.1) is 17.0 Å². The maximum Gasteiger partial charge on any atom is 0.283 e. The maximum atomic E-state index is 11.3. The molecule has 0 aliphatic rings. The molecule has 0 atom stereocenters. The highest BCUT2D eigenvalue weighted by atomic mass is 32.2. The van der Waals surface area contributed by atoms with Gasteiger partial charge in [-0.05, 0) is 38.1 Å². The average molecular weight is 287 g/mol. The van der Waals surface area contributed by atoms with Crippen LogP contribution in [-0.4, -0.2) is 10.7 Å². The topological polar surface area (TPSA) is 60.2 Å². The highest BCUT2D eigenvalue weighted by Crippen LogP contribution is 2.35. The molecule has 0 bridgehead atoms. The van der Waals surface area contributed by atoms with Gasteiger partial charge in [0.1, 0.15) is 0 Å². The molecule has 0 fully saturated rings. The van der Waals surface area contributed by atoms with E-state index in [9.17, 15) is 14.9 Å². The van der Waals surface area contributed by atoms with Crippen LogP contribution in [0.25, 0.3) is 0 Å². The van der Waals surface area contributed by atoms with Crippen LogP contribution in [0.5, 0.6) is 0 Å². The Bertz CT molecular complexity index is 665. The van der Waals surface area contributed by atoms with Gasteiger partial charge in [0.15, 0.2) is 5.78 Å². The predicted octanol–water partition coefficient (Wildman–Crippen LogP) is 4.26. The van der Waals surface area contributed by atoms with Crippen molar-refractivity contribution in [1.82, 2.24) is 0 Å². The first kappa shape index (κ1) is 14.3. The summed E-state index contributed by atoms with van der Waals surface area (Å²) in [5.41, 5.74) is 1.45. The lowest BCUT2D eigenvalue weighted by molar-refractivity contribution is -0.387. The van der Waals surface area contributed by atoms with Crippen LogP contribution in [0.4, 0.5) is 5.69 Å². The molecule has 0 spiro atoms. The first-order valence-electron chi connectivity index (χ1n) is 6.01. The van der Waals surface area contributed by atoms with Crippen molar-refractivity contribution < 1.29 is 9.72 Å². The molecule has 102 valence electrons. The molecule has 0 amide bonds. The van der Waals surface area contributed by atoms with Gasteiger partial charge in [0.2, 0.25) is 0 Å². The second kappa shape index (κ2) is 5.88. The zero-order valence-electron chi connectivity index (χ0n) is 11.1. The number of aryl methyl sites for hydroxylation is 1. The van der Waals surface area contributed by atoms with Gasteiger partial charge in [0, 0.05) is 16.5 Å². The number of Topliss-reactive ketones (excluding diaryl/α,β-unsaturated/α-hetero) is 1. The van der Waals surface area contributed by atoms with E-state index < -0.39 is 4.92 Å². The van der Waals surface area contributed by atoms with Crippen molar-refractivity contribution in [1.29, 1.82) is 0 Å². The summed E-state index contributed by atoms with van der Waals surface area (Å²) < 4.78 is 0. The highest BCUT2D eigenvalue weighted by molar-refractivity contribution is 7.99. The van der Waals surface area contributed by atoms with Gasteiger partial charge in [0.25, 0.3) is 5.69 Å². The Balaban J connectivity index is 2.38. The van der Waals surface area contributed by atoms with Crippen molar-refractivity contribution in [3.05, 3.63) is 63.7 Å². The lowest BCUT2D eigenvalue weighted by atomic mass is 10.1. The first-order chi connectivity index (χ1) is 9.47. The molecule has 5 heteroatoms. The molecule has 2 rings (SSSR count). The van der Waals surface area contributed by atoms with Gasteiger partial charge in [-0.1, -0.05) is 29.5 Å². The van der Waals surface area contributed by atoms with Crippen LogP contribution in [0.3, 0.4) is 0 Å². The van der Waals surface area contributed by atoms with Gasteiger partial charge in [-0.15, -0.1) is 0 Å². The van der Waals surface area contributed by atoms with Crippen LogP contribution >= 0.6 is 11.8 Å². The third-order valence-electron chi connectivity index (χ3n) is 2.81. The third kappa shape index (κ3) is 3.24. The van der Waals surface area contributed by atoms with Gasteiger partial charge >= 0.3 is 0 Å². The molecular formula is C15H13NO3S. The number of ketones is 1. The SMILES string of the molecule is CC(=O)c1ccc(Sc2ccc(C)cc2)c([N+](=O)[O-])c1. The summed E-state index contributed by atoms with van der Waals surface area (Å²) in [6.45, 7) is 3.38. The minimum atomic E-state index is -0.455. The van der Waals surface area contributed by atoms with Gasteiger partial charge in [0.05, 0.1) is 9.82 Å². The second-order valence-corrected chi connectivity index (χ2v) is 5.53. The van der Waals surface area contributed by atoms with Crippen LogP contribution in [0.2, 0.25) is 0 Å². The van der Waals surface area contributed by atoms with Gasteiger partial charge in [-0.25, -0.2) is 0 Å². The van der Waals surface area contributed by atoms with Crippen LogP contribution < -0.4 is 0 Å². The van der Waals surface area contributed by atoms with Crippen LogP contribution in [0.15, 0.2) is 52.3 Å². The fraction of sp³-hybridized carbons (Fsp3) is 0.133. The first-order valence-corrected chi connectivity index (χ1v) is 6.83. The van der Waals surface area contributed by atoms with Gasteiger partial charge in [-0.3, -0.25) is 14.9 Å². The van der Waals surface area contributed by atoms with E-state index in [-0.39, 0.29) is 11.5 Å². The van der Waals surface area contributed by atoms with E-state index in [0.717, 1.165) is 10.5 Å². The van der Waals surface area contributed by atoms with E-state index >= 15 is 0 Å². The summed E-state index contributed by atoms with van der Waals surface area (Å²) in [7, 11) is 0. The number of benzene rings is 2. The number of rotatable bonds is 4. The Labute approximate surface area is 121 Å². The van der Waals surface area contributed by atoms with Crippen molar-refractivity contribution in [2.45, 2.75) is 23.6 Å². The van der Waals surface area contributed by atoms with Crippen molar-refractivity contribution in [3.8, 4) is 0 Å². The van der Waals surface area contributed by atoms with E-state index in [1.807, 2.05) is 31.2 Å². The maximum absolute atomic E-state index is 11.3. The van der Waals surface area contributed by atoms with Crippen molar-refractivity contribution in [3.63, 3.8) is 0 Å². The van der Waals surface area contributed by atoms with Crippen molar-refractivity contribution >= 4 is 23.2 Å². The smallest absolute Gasteiger partial charge is 0.283 e. The molecule has 0 saturated carbocycles. The Morgan fingerprint density at radius 3 is 2.35 bits per heavy atom. The number of carbonyl (C=O) groups excluding carboxylic acids is 1. The molecule has 2 aromatic carbocycles. The molecule has 4 nitrogen and oxygen atoms in total. The Kier molecular flexibility index (Phi) is 4.20. The lowest BCUT2D eigenvalue weighted by Gasteiger charge is -2.05. The summed E-state index contributed by atoms with van der Waals surface area (Å²) in [5, 5.41) is 11.1. The molecule has 0 saturated heterocycles. The molecule has 0 N–H and O–H groups in total. The van der Waals surface area contributed by atoms with E-state index in [1.165, 1.54) is 24.8 Å². The van der Waals surface area contributed by atoms with Crippen molar-refractivity contribution in [2.24, 2.45) is 0 Å². The quantitative estimate of drug-likeness (QED) is 0.479.